The molecule has 3 nitrogen and oxygen atoms in total. The minimum Gasteiger partial charge on any atom is -0.323 e. The first-order chi connectivity index (χ1) is 7.78. The van der Waals surface area contributed by atoms with Crippen LogP contribution in [-0.4, -0.2) is 21.4 Å². The molecule has 1 aromatic heterocycles. The van der Waals surface area contributed by atoms with Crippen molar-refractivity contribution < 1.29 is 4.79 Å². The van der Waals surface area contributed by atoms with Gasteiger partial charge in [-0.2, -0.15) is 0 Å². The van der Waals surface area contributed by atoms with Crippen LogP contribution in [0.5, 0.6) is 0 Å². The molecule has 1 heterocycles. The van der Waals surface area contributed by atoms with Gasteiger partial charge >= 0.3 is 0 Å². The van der Waals surface area contributed by atoms with Crippen molar-refractivity contribution in [1.82, 2.24) is 4.98 Å². The molecule has 0 bridgehead atoms. The van der Waals surface area contributed by atoms with E-state index in [0.717, 1.165) is 4.47 Å². The van der Waals surface area contributed by atoms with Crippen LogP contribution in [0.3, 0.4) is 0 Å². The number of amides is 1. The predicted octanol–water partition coefficient (Wildman–Crippen LogP) is 3.97. The molecule has 1 aromatic rings. The number of aromatic nitrogens is 1. The molecule has 0 spiro atoms. The van der Waals surface area contributed by atoms with Gasteiger partial charge in [-0.15, -0.1) is 11.8 Å². The maximum atomic E-state index is 11.7. The van der Waals surface area contributed by atoms with Crippen molar-refractivity contribution in [2.24, 2.45) is 0 Å². The number of anilines is 1. The second-order valence-corrected chi connectivity index (χ2v) is 7.52. The highest BCUT2D eigenvalue weighted by atomic mass is 79.9. The topological polar surface area (TPSA) is 42.0 Å². The van der Waals surface area contributed by atoms with Crippen molar-refractivity contribution in [1.29, 1.82) is 0 Å². The summed E-state index contributed by atoms with van der Waals surface area (Å²) in [5.41, 5.74) is 0.528. The van der Waals surface area contributed by atoms with Gasteiger partial charge in [-0.3, -0.25) is 4.79 Å². The van der Waals surface area contributed by atoms with Gasteiger partial charge in [0.2, 0.25) is 5.91 Å². The molecule has 6 heteroatoms. The Morgan fingerprint density at radius 3 is 2.82 bits per heavy atom. The Kier molecular flexibility index (Phi) is 5.28. The SMILES string of the molecule is CC(C)(C)SCC(=O)Nc1cc(Br)cnc1Cl. The summed E-state index contributed by atoms with van der Waals surface area (Å²) in [6.45, 7) is 6.20. The second-order valence-electron chi connectivity index (χ2n) is 4.44. The fourth-order valence-corrected chi connectivity index (χ4v) is 2.10. The lowest BCUT2D eigenvalue weighted by Crippen LogP contribution is -2.19. The molecule has 94 valence electrons. The van der Waals surface area contributed by atoms with Crippen LogP contribution in [0.4, 0.5) is 5.69 Å². The standard InChI is InChI=1S/C11H14BrClN2OS/c1-11(2,3)17-6-9(16)15-8-4-7(12)5-14-10(8)13/h4-5H,6H2,1-3H3,(H,15,16). The predicted molar refractivity (Wildman–Crippen MR) is 77.8 cm³/mol. The summed E-state index contributed by atoms with van der Waals surface area (Å²) in [5.74, 6) is 0.318. The first kappa shape index (κ1) is 14.8. The third kappa shape index (κ3) is 5.75. The second kappa shape index (κ2) is 6.07. The summed E-state index contributed by atoms with van der Waals surface area (Å²) < 4.78 is 0.845. The Hall–Kier alpha value is -0.260. The molecule has 0 radical (unpaired) electrons. The molecular weight excluding hydrogens is 324 g/mol. The lowest BCUT2D eigenvalue weighted by Gasteiger charge is -2.17. The van der Waals surface area contributed by atoms with Crippen molar-refractivity contribution in [2.45, 2.75) is 25.5 Å². The van der Waals surface area contributed by atoms with Crippen molar-refractivity contribution in [3.8, 4) is 0 Å². The highest BCUT2D eigenvalue weighted by molar-refractivity contribution is 9.10. The number of rotatable bonds is 3. The average Bonchev–Trinajstić information content (AvgIpc) is 2.20. The molecule has 0 atom stereocenters. The quantitative estimate of drug-likeness (QED) is 0.849. The summed E-state index contributed by atoms with van der Waals surface area (Å²) in [6.07, 6.45) is 1.59. The minimum atomic E-state index is -0.0771. The zero-order valence-corrected chi connectivity index (χ0v) is 13.0. The number of carbonyl (C=O) groups excluding carboxylic acids is 1. The van der Waals surface area contributed by atoms with Crippen LogP contribution in [0.2, 0.25) is 5.15 Å². The summed E-state index contributed by atoms with van der Waals surface area (Å²) in [6, 6.07) is 1.73. The van der Waals surface area contributed by atoms with E-state index in [-0.39, 0.29) is 10.7 Å². The minimum absolute atomic E-state index is 0.0661. The van der Waals surface area contributed by atoms with E-state index in [0.29, 0.717) is 16.6 Å². The highest BCUT2D eigenvalue weighted by Crippen LogP contribution is 2.25. The molecule has 1 rings (SSSR count). The summed E-state index contributed by atoms with van der Waals surface area (Å²) in [5, 5.41) is 3.03. The van der Waals surface area contributed by atoms with Gasteiger partial charge in [0.15, 0.2) is 5.15 Å². The summed E-state index contributed by atoms with van der Waals surface area (Å²) in [4.78, 5) is 15.6. The fourth-order valence-electron chi connectivity index (χ4n) is 0.979. The average molecular weight is 338 g/mol. The van der Waals surface area contributed by atoms with Crippen LogP contribution in [0.15, 0.2) is 16.7 Å². The molecule has 0 aliphatic rings. The molecule has 1 N–H and O–H groups in total. The smallest absolute Gasteiger partial charge is 0.234 e. The normalized spacial score (nSPS) is 11.4. The van der Waals surface area contributed by atoms with Crippen molar-refractivity contribution in [2.75, 3.05) is 11.1 Å². The van der Waals surface area contributed by atoms with Gasteiger partial charge in [0, 0.05) is 15.4 Å². The van der Waals surface area contributed by atoms with Crippen LogP contribution in [0.25, 0.3) is 0 Å². The van der Waals surface area contributed by atoms with Gasteiger partial charge < -0.3 is 5.32 Å². The molecule has 1 amide bonds. The highest BCUT2D eigenvalue weighted by Gasteiger charge is 2.14. The van der Waals surface area contributed by atoms with E-state index in [1.54, 1.807) is 24.0 Å². The van der Waals surface area contributed by atoms with Crippen molar-refractivity contribution >= 4 is 50.9 Å². The number of nitrogens with one attached hydrogen (secondary N) is 1. The number of thioether (sulfide) groups is 1. The van der Waals surface area contributed by atoms with Crippen LogP contribution < -0.4 is 5.32 Å². The molecule has 0 aliphatic carbocycles. The third-order valence-electron chi connectivity index (χ3n) is 1.72. The molecule has 17 heavy (non-hydrogen) atoms. The van der Waals surface area contributed by atoms with E-state index < -0.39 is 0 Å². The Bertz CT molecular complexity index is 420. The molecule has 0 aliphatic heterocycles. The number of hydrogen-bond donors (Lipinski definition) is 1. The number of hydrogen-bond acceptors (Lipinski definition) is 3. The number of carbonyl (C=O) groups is 1. The van der Waals surface area contributed by atoms with Crippen molar-refractivity contribution in [3.05, 3.63) is 21.9 Å². The van der Waals surface area contributed by atoms with Gasteiger partial charge in [-0.05, 0) is 22.0 Å². The first-order valence-electron chi connectivity index (χ1n) is 5.03. The monoisotopic (exact) mass is 336 g/mol. The third-order valence-corrected chi connectivity index (χ3v) is 3.72. The van der Waals surface area contributed by atoms with Crippen LogP contribution in [0.1, 0.15) is 20.8 Å². The Labute approximate surface area is 119 Å². The van der Waals surface area contributed by atoms with Gasteiger partial charge in [0.25, 0.3) is 0 Å². The Morgan fingerprint density at radius 1 is 1.59 bits per heavy atom. The summed E-state index contributed by atoms with van der Waals surface area (Å²) >= 11 is 10.7. The Balaban J connectivity index is 2.59. The largest absolute Gasteiger partial charge is 0.323 e. The van der Waals surface area contributed by atoms with Gasteiger partial charge in [-0.25, -0.2) is 4.98 Å². The number of pyridine rings is 1. The molecule has 0 aromatic carbocycles. The van der Waals surface area contributed by atoms with Crippen LogP contribution in [-0.2, 0) is 4.79 Å². The lowest BCUT2D eigenvalue weighted by atomic mass is 10.3. The van der Waals surface area contributed by atoms with Gasteiger partial charge in [-0.1, -0.05) is 32.4 Å². The van der Waals surface area contributed by atoms with Crippen molar-refractivity contribution in [3.63, 3.8) is 0 Å². The van der Waals surface area contributed by atoms with E-state index in [1.807, 2.05) is 0 Å². The van der Waals surface area contributed by atoms with E-state index in [2.05, 4.69) is 47.0 Å². The van der Waals surface area contributed by atoms with E-state index in [4.69, 9.17) is 11.6 Å². The summed E-state index contributed by atoms with van der Waals surface area (Å²) in [7, 11) is 0. The first-order valence-corrected chi connectivity index (χ1v) is 7.18. The molecular formula is C11H14BrClN2OS. The molecule has 0 fully saturated rings. The maximum Gasteiger partial charge on any atom is 0.234 e. The number of nitrogens with zero attached hydrogens (tertiary/aromatic N) is 1. The fraction of sp³-hybridized carbons (Fsp3) is 0.455. The van der Waals surface area contributed by atoms with Gasteiger partial charge in [0.05, 0.1) is 11.4 Å². The van der Waals surface area contributed by atoms with E-state index in [1.165, 1.54) is 0 Å². The van der Waals surface area contributed by atoms with E-state index in [9.17, 15) is 4.79 Å². The molecule has 0 saturated heterocycles. The number of halogens is 2. The maximum absolute atomic E-state index is 11.7. The van der Waals surface area contributed by atoms with E-state index >= 15 is 0 Å². The van der Waals surface area contributed by atoms with Crippen LogP contribution >= 0.6 is 39.3 Å². The molecule has 0 unspecified atom stereocenters. The zero-order chi connectivity index (χ0) is 13.1. The van der Waals surface area contributed by atoms with Gasteiger partial charge in [0.1, 0.15) is 0 Å². The van der Waals surface area contributed by atoms with Crippen LogP contribution in [0, 0.1) is 0 Å². The zero-order valence-electron chi connectivity index (χ0n) is 9.88. The Morgan fingerprint density at radius 2 is 2.24 bits per heavy atom. The lowest BCUT2D eigenvalue weighted by molar-refractivity contribution is -0.113. The molecule has 0 saturated carbocycles.